The second kappa shape index (κ2) is 17.3. The van der Waals surface area contributed by atoms with E-state index >= 15 is 0 Å². The molecule has 3 rings (SSSR count). The summed E-state index contributed by atoms with van der Waals surface area (Å²) in [5.41, 5.74) is 2.26. The summed E-state index contributed by atoms with van der Waals surface area (Å²) in [6.45, 7) is 7.80. The predicted molar refractivity (Wildman–Crippen MR) is 137 cm³/mol. The SMILES string of the molecule is CC(c1ccccc1)N1CCN(CCCSC(=O)Nc2ccccc2)CC1.Cl.Cl.O.O. The Hall–Kier alpha value is -1.32. The number of nitrogens with one attached hydrogen (secondary N) is 1. The number of benzene rings is 2. The van der Waals surface area contributed by atoms with E-state index in [4.69, 9.17) is 0 Å². The van der Waals surface area contributed by atoms with Crippen LogP contribution in [0.25, 0.3) is 0 Å². The van der Waals surface area contributed by atoms with Gasteiger partial charge in [-0.25, -0.2) is 0 Å². The second-order valence-electron chi connectivity index (χ2n) is 6.94. The fourth-order valence-electron chi connectivity index (χ4n) is 3.45. The van der Waals surface area contributed by atoms with Gasteiger partial charge in [0.15, 0.2) is 0 Å². The van der Waals surface area contributed by atoms with Crippen LogP contribution in [-0.4, -0.2) is 64.5 Å². The van der Waals surface area contributed by atoms with E-state index < -0.39 is 0 Å². The van der Waals surface area contributed by atoms with Gasteiger partial charge in [-0.2, -0.15) is 0 Å². The van der Waals surface area contributed by atoms with Crippen molar-refractivity contribution in [3.05, 3.63) is 66.2 Å². The van der Waals surface area contributed by atoms with Crippen LogP contribution in [0.5, 0.6) is 0 Å². The number of hydrogen-bond acceptors (Lipinski definition) is 4. The van der Waals surface area contributed by atoms with Crippen molar-refractivity contribution in [3.8, 4) is 0 Å². The Morgan fingerprint density at radius 1 is 0.935 bits per heavy atom. The van der Waals surface area contributed by atoms with Gasteiger partial charge < -0.3 is 21.2 Å². The zero-order chi connectivity index (χ0) is 18.9. The minimum absolute atomic E-state index is 0. The maximum Gasteiger partial charge on any atom is 0.283 e. The van der Waals surface area contributed by atoms with Crippen molar-refractivity contribution in [2.75, 3.05) is 43.8 Å². The molecule has 9 heteroatoms. The molecule has 1 fully saturated rings. The number of anilines is 1. The van der Waals surface area contributed by atoms with Gasteiger partial charge in [0, 0.05) is 43.7 Å². The quantitative estimate of drug-likeness (QED) is 0.593. The average Bonchev–Trinajstić information content (AvgIpc) is 2.72. The van der Waals surface area contributed by atoms with E-state index in [9.17, 15) is 4.79 Å². The minimum Gasteiger partial charge on any atom is -0.412 e. The lowest BCUT2D eigenvalue weighted by atomic mass is 10.1. The maximum atomic E-state index is 11.9. The first-order valence-corrected chi connectivity index (χ1v) is 10.7. The molecule has 0 aromatic heterocycles. The number of rotatable bonds is 7. The summed E-state index contributed by atoms with van der Waals surface area (Å²) >= 11 is 1.38. The standard InChI is InChI=1S/C22H29N3OS.2ClH.2H2O/c1-19(20-9-4-2-5-10-20)25-16-14-24(15-17-25)13-8-18-27-22(26)23-21-11-6-3-7-12-21;;;;/h2-7,9-12,19H,8,13-18H2,1H3,(H,23,26);2*1H;2*1H2. The van der Waals surface area contributed by atoms with E-state index in [1.54, 1.807) is 0 Å². The Labute approximate surface area is 202 Å². The summed E-state index contributed by atoms with van der Waals surface area (Å²) in [7, 11) is 0. The van der Waals surface area contributed by atoms with Gasteiger partial charge >= 0.3 is 0 Å². The summed E-state index contributed by atoms with van der Waals surface area (Å²) in [6.07, 6.45) is 1.04. The Kier molecular flexibility index (Phi) is 17.7. The van der Waals surface area contributed by atoms with Gasteiger partial charge in [0.25, 0.3) is 5.24 Å². The topological polar surface area (TPSA) is 98.6 Å². The number of carbonyl (C=O) groups is 1. The first-order valence-electron chi connectivity index (χ1n) is 9.72. The third-order valence-corrected chi connectivity index (χ3v) is 5.97. The molecule has 1 atom stereocenters. The largest absolute Gasteiger partial charge is 0.412 e. The normalized spacial score (nSPS) is 14.6. The second-order valence-corrected chi connectivity index (χ2v) is 8.01. The number of carbonyl (C=O) groups excluding carboxylic acids is 1. The van der Waals surface area contributed by atoms with Crippen LogP contribution in [0.15, 0.2) is 60.7 Å². The van der Waals surface area contributed by atoms with E-state index in [-0.39, 0.29) is 41.0 Å². The Morgan fingerprint density at radius 3 is 2.06 bits per heavy atom. The van der Waals surface area contributed by atoms with Gasteiger partial charge in [0.05, 0.1) is 0 Å². The molecule has 1 aliphatic rings. The fraction of sp³-hybridized carbons (Fsp3) is 0.409. The highest BCUT2D eigenvalue weighted by atomic mass is 35.5. The molecule has 2 aromatic carbocycles. The molecule has 0 spiro atoms. The number of piperazine rings is 1. The van der Waals surface area contributed by atoms with E-state index in [0.29, 0.717) is 6.04 Å². The first kappa shape index (κ1) is 31.9. The fourth-order valence-corrected chi connectivity index (χ4v) is 4.09. The zero-order valence-electron chi connectivity index (χ0n) is 17.8. The van der Waals surface area contributed by atoms with E-state index in [0.717, 1.165) is 50.6 Å². The number of nitrogens with zero attached hydrogens (tertiary/aromatic N) is 2. The van der Waals surface area contributed by atoms with Crippen LogP contribution in [0, 0.1) is 0 Å². The summed E-state index contributed by atoms with van der Waals surface area (Å²) in [5.74, 6) is 0.860. The Bertz CT molecular complexity index is 706. The van der Waals surface area contributed by atoms with Crippen molar-refractivity contribution < 1.29 is 15.7 Å². The third-order valence-electron chi connectivity index (χ3n) is 5.11. The average molecular weight is 493 g/mol. The Morgan fingerprint density at radius 2 is 1.48 bits per heavy atom. The molecule has 0 radical (unpaired) electrons. The van der Waals surface area contributed by atoms with E-state index in [1.165, 1.54) is 17.3 Å². The van der Waals surface area contributed by atoms with Gasteiger partial charge in [-0.15, -0.1) is 24.8 Å². The number of para-hydroxylation sites is 1. The van der Waals surface area contributed by atoms with Crippen molar-refractivity contribution in [1.29, 1.82) is 0 Å². The van der Waals surface area contributed by atoms with Gasteiger partial charge in [-0.05, 0) is 37.6 Å². The number of halogens is 2. The van der Waals surface area contributed by atoms with Crippen LogP contribution in [0.4, 0.5) is 10.5 Å². The summed E-state index contributed by atoms with van der Waals surface area (Å²) < 4.78 is 0. The minimum atomic E-state index is 0. The van der Waals surface area contributed by atoms with Crippen LogP contribution in [0.3, 0.4) is 0 Å². The molecule has 0 bridgehead atoms. The molecule has 31 heavy (non-hydrogen) atoms. The molecule has 1 heterocycles. The lowest BCUT2D eigenvalue weighted by Gasteiger charge is -2.38. The van der Waals surface area contributed by atoms with Crippen molar-refractivity contribution in [3.63, 3.8) is 0 Å². The van der Waals surface area contributed by atoms with Gasteiger partial charge in [-0.3, -0.25) is 9.69 Å². The van der Waals surface area contributed by atoms with Crippen molar-refractivity contribution in [2.24, 2.45) is 0 Å². The molecule has 1 unspecified atom stereocenters. The van der Waals surface area contributed by atoms with E-state index in [1.807, 2.05) is 30.3 Å². The maximum absolute atomic E-state index is 11.9. The molecule has 1 amide bonds. The molecule has 176 valence electrons. The Balaban J connectivity index is 0. The van der Waals surface area contributed by atoms with Gasteiger partial charge in [0.2, 0.25) is 0 Å². The summed E-state index contributed by atoms with van der Waals surface area (Å²) in [6, 6.07) is 20.9. The first-order chi connectivity index (χ1) is 13.2. The van der Waals surface area contributed by atoms with Crippen LogP contribution >= 0.6 is 36.6 Å². The molecule has 0 saturated carbocycles. The molecule has 0 aliphatic carbocycles. The molecule has 1 saturated heterocycles. The van der Waals surface area contributed by atoms with Gasteiger partial charge in [0.1, 0.15) is 0 Å². The molecule has 5 N–H and O–H groups in total. The summed E-state index contributed by atoms with van der Waals surface area (Å²) in [4.78, 5) is 17.0. The van der Waals surface area contributed by atoms with Crippen molar-refractivity contribution in [2.45, 2.75) is 19.4 Å². The van der Waals surface area contributed by atoms with Crippen LogP contribution in [0.2, 0.25) is 0 Å². The molecular weight excluding hydrogens is 457 g/mol. The predicted octanol–water partition coefficient (Wildman–Crippen LogP) is 3.91. The molecule has 6 nitrogen and oxygen atoms in total. The van der Waals surface area contributed by atoms with Crippen LogP contribution < -0.4 is 5.32 Å². The molecule has 1 aliphatic heterocycles. The van der Waals surface area contributed by atoms with Crippen molar-refractivity contribution in [1.82, 2.24) is 9.80 Å². The lowest BCUT2D eigenvalue weighted by molar-refractivity contribution is 0.103. The van der Waals surface area contributed by atoms with Crippen LogP contribution in [0.1, 0.15) is 24.9 Å². The number of amides is 1. The lowest BCUT2D eigenvalue weighted by Crippen LogP contribution is -2.47. The summed E-state index contributed by atoms with van der Waals surface area (Å²) in [5, 5.41) is 2.95. The number of thioether (sulfide) groups is 1. The molecular formula is C22H35Cl2N3O3S. The van der Waals surface area contributed by atoms with Crippen molar-refractivity contribution >= 4 is 47.5 Å². The highest BCUT2D eigenvalue weighted by Gasteiger charge is 2.21. The zero-order valence-corrected chi connectivity index (χ0v) is 20.3. The highest BCUT2D eigenvalue weighted by molar-refractivity contribution is 8.13. The van der Waals surface area contributed by atoms with E-state index in [2.05, 4.69) is 52.4 Å². The van der Waals surface area contributed by atoms with Crippen LogP contribution in [-0.2, 0) is 0 Å². The monoisotopic (exact) mass is 491 g/mol. The molecule has 2 aromatic rings. The smallest absolute Gasteiger partial charge is 0.283 e. The number of hydrogen-bond donors (Lipinski definition) is 1. The highest BCUT2D eigenvalue weighted by Crippen LogP contribution is 2.21. The van der Waals surface area contributed by atoms with Gasteiger partial charge in [-0.1, -0.05) is 60.3 Å². The third kappa shape index (κ3) is 10.7.